The lowest BCUT2D eigenvalue weighted by Gasteiger charge is -2.39. The zero-order chi connectivity index (χ0) is 20.4. The topological polar surface area (TPSA) is 88.6 Å². The highest BCUT2D eigenvalue weighted by atomic mass is 32.2. The molecule has 0 aromatic carbocycles. The molecule has 7 nitrogen and oxygen atoms in total. The fourth-order valence-corrected chi connectivity index (χ4v) is 7.35. The van der Waals surface area contributed by atoms with E-state index in [1.54, 1.807) is 18.5 Å². The number of hydrogen-bond acceptors (Lipinski definition) is 6. The summed E-state index contributed by atoms with van der Waals surface area (Å²) in [6.45, 7) is 2.99. The van der Waals surface area contributed by atoms with Crippen molar-refractivity contribution >= 4 is 27.3 Å². The van der Waals surface area contributed by atoms with E-state index < -0.39 is 15.9 Å². The van der Waals surface area contributed by atoms with Crippen molar-refractivity contribution in [1.82, 2.24) is 14.6 Å². The van der Waals surface area contributed by atoms with E-state index in [4.69, 9.17) is 4.74 Å². The number of sulfonamides is 1. The number of pyridine rings is 1. The second-order valence-electron chi connectivity index (χ2n) is 7.53. The van der Waals surface area contributed by atoms with E-state index in [0.29, 0.717) is 36.6 Å². The Bertz CT molecular complexity index is 961. The Kier molecular flexibility index (Phi) is 6.00. The molecule has 2 fully saturated rings. The standard InChI is InChI=1S/C20H25N3O4S2/c1-14-7-11-28-20(14)29(25,26)23-13-15(12-18-17(23)6-10-27-18)19(24)22-9-5-16-4-2-3-8-21-16/h2-4,7-8,11,15,17-18H,5-6,9-10,12-13H2,1H3,(H,22,24)/t15-,17+,18+/m0/s1. The highest BCUT2D eigenvalue weighted by Gasteiger charge is 2.47. The second kappa shape index (κ2) is 8.51. The number of carbonyl (C=O) groups excluding carboxylic acids is 1. The Balaban J connectivity index is 1.46. The summed E-state index contributed by atoms with van der Waals surface area (Å²) < 4.78 is 34.3. The maximum absolute atomic E-state index is 13.3. The van der Waals surface area contributed by atoms with Crippen LogP contribution in [0.3, 0.4) is 0 Å². The second-order valence-corrected chi connectivity index (χ2v) is 10.5. The summed E-state index contributed by atoms with van der Waals surface area (Å²) in [5.74, 6) is -0.550. The molecule has 1 amide bonds. The third-order valence-electron chi connectivity index (χ3n) is 5.60. The van der Waals surface area contributed by atoms with Crippen molar-refractivity contribution < 1.29 is 17.9 Å². The number of amides is 1. The molecule has 0 radical (unpaired) electrons. The molecule has 29 heavy (non-hydrogen) atoms. The number of nitrogens with zero attached hydrogens (tertiary/aromatic N) is 2. The minimum Gasteiger partial charge on any atom is -0.376 e. The fraction of sp³-hybridized carbons (Fsp3) is 0.500. The number of ether oxygens (including phenoxy) is 1. The van der Waals surface area contributed by atoms with E-state index >= 15 is 0 Å². The lowest BCUT2D eigenvalue weighted by molar-refractivity contribution is -0.128. The van der Waals surface area contributed by atoms with E-state index in [0.717, 1.165) is 11.3 Å². The fourth-order valence-electron chi connectivity index (χ4n) is 4.10. The predicted octanol–water partition coefficient (Wildman–Crippen LogP) is 1.98. The van der Waals surface area contributed by atoms with Crippen molar-refractivity contribution in [3.63, 3.8) is 0 Å². The van der Waals surface area contributed by atoms with E-state index in [1.807, 2.05) is 24.3 Å². The van der Waals surface area contributed by atoms with Crippen molar-refractivity contribution in [2.75, 3.05) is 19.7 Å². The molecule has 156 valence electrons. The third-order valence-corrected chi connectivity index (χ3v) is 9.15. The lowest BCUT2D eigenvalue weighted by Crippen LogP contribution is -2.54. The summed E-state index contributed by atoms with van der Waals surface area (Å²) in [4.78, 5) is 17.1. The highest BCUT2D eigenvalue weighted by Crippen LogP contribution is 2.37. The molecule has 4 heterocycles. The van der Waals surface area contributed by atoms with Crippen LogP contribution < -0.4 is 5.32 Å². The Hall–Kier alpha value is -1.81. The maximum atomic E-state index is 13.3. The molecule has 0 aliphatic carbocycles. The lowest BCUT2D eigenvalue weighted by atomic mass is 9.91. The Morgan fingerprint density at radius 1 is 1.38 bits per heavy atom. The number of aryl methyl sites for hydroxylation is 1. The Morgan fingerprint density at radius 2 is 2.24 bits per heavy atom. The van der Waals surface area contributed by atoms with Crippen LogP contribution in [0.1, 0.15) is 24.1 Å². The highest BCUT2D eigenvalue weighted by molar-refractivity contribution is 7.91. The summed E-state index contributed by atoms with van der Waals surface area (Å²) in [6.07, 6.45) is 3.35. The Labute approximate surface area is 175 Å². The van der Waals surface area contributed by atoms with Crippen LogP contribution in [0.4, 0.5) is 0 Å². The summed E-state index contributed by atoms with van der Waals surface area (Å²) >= 11 is 1.23. The zero-order valence-electron chi connectivity index (χ0n) is 16.3. The van der Waals surface area contributed by atoms with Gasteiger partial charge in [-0.05, 0) is 48.9 Å². The zero-order valence-corrected chi connectivity index (χ0v) is 17.9. The van der Waals surface area contributed by atoms with Crippen LogP contribution in [-0.2, 0) is 26.0 Å². The molecule has 0 unspecified atom stereocenters. The molecule has 2 aliphatic heterocycles. The van der Waals surface area contributed by atoms with Crippen LogP contribution in [0.15, 0.2) is 40.1 Å². The van der Waals surface area contributed by atoms with Gasteiger partial charge in [-0.2, -0.15) is 4.31 Å². The smallest absolute Gasteiger partial charge is 0.253 e. The summed E-state index contributed by atoms with van der Waals surface area (Å²) in [7, 11) is -3.65. The molecule has 9 heteroatoms. The number of fused-ring (bicyclic) bond motifs is 1. The molecule has 0 spiro atoms. The normalized spacial score (nSPS) is 24.9. The van der Waals surface area contributed by atoms with Gasteiger partial charge in [-0.1, -0.05) is 6.07 Å². The molecule has 2 aromatic rings. The first-order valence-electron chi connectivity index (χ1n) is 9.82. The molecular weight excluding hydrogens is 410 g/mol. The van der Waals surface area contributed by atoms with Crippen LogP contribution >= 0.6 is 11.3 Å². The van der Waals surface area contributed by atoms with Gasteiger partial charge >= 0.3 is 0 Å². The van der Waals surface area contributed by atoms with E-state index in [2.05, 4.69) is 10.3 Å². The molecule has 1 N–H and O–H groups in total. The van der Waals surface area contributed by atoms with Gasteiger partial charge in [0.1, 0.15) is 4.21 Å². The van der Waals surface area contributed by atoms with Gasteiger partial charge in [0.25, 0.3) is 10.0 Å². The van der Waals surface area contributed by atoms with Gasteiger partial charge in [0.2, 0.25) is 5.91 Å². The van der Waals surface area contributed by atoms with Crippen LogP contribution in [-0.4, -0.2) is 55.5 Å². The first-order chi connectivity index (χ1) is 14.0. The molecule has 2 aliphatic rings. The maximum Gasteiger partial charge on any atom is 0.253 e. The summed E-state index contributed by atoms with van der Waals surface area (Å²) in [5.41, 5.74) is 1.65. The van der Waals surface area contributed by atoms with Gasteiger partial charge in [-0.25, -0.2) is 8.42 Å². The average Bonchev–Trinajstić information content (AvgIpc) is 3.36. The summed E-state index contributed by atoms with van der Waals surface area (Å²) in [6, 6.07) is 7.30. The molecule has 0 saturated carbocycles. The van der Waals surface area contributed by atoms with E-state index in [-0.39, 0.29) is 24.6 Å². The molecule has 2 saturated heterocycles. The molecule has 4 rings (SSSR count). The number of rotatable bonds is 6. The van der Waals surface area contributed by atoms with Crippen LogP contribution in [0.25, 0.3) is 0 Å². The minimum absolute atomic E-state index is 0.127. The van der Waals surface area contributed by atoms with Gasteiger partial charge in [-0.15, -0.1) is 11.3 Å². The predicted molar refractivity (Wildman–Crippen MR) is 110 cm³/mol. The van der Waals surface area contributed by atoms with E-state index in [1.165, 1.54) is 15.6 Å². The van der Waals surface area contributed by atoms with Gasteiger partial charge in [-0.3, -0.25) is 9.78 Å². The molecule has 3 atom stereocenters. The van der Waals surface area contributed by atoms with Gasteiger partial charge in [0, 0.05) is 38.0 Å². The first-order valence-corrected chi connectivity index (χ1v) is 12.1. The third kappa shape index (κ3) is 4.23. The van der Waals surface area contributed by atoms with Gasteiger partial charge in [0.15, 0.2) is 0 Å². The van der Waals surface area contributed by atoms with Crippen LogP contribution in [0.5, 0.6) is 0 Å². The minimum atomic E-state index is -3.65. The van der Waals surface area contributed by atoms with Gasteiger partial charge < -0.3 is 10.1 Å². The molecule has 0 bridgehead atoms. The van der Waals surface area contributed by atoms with Crippen LogP contribution in [0, 0.1) is 12.8 Å². The number of thiophene rings is 1. The number of hydrogen-bond donors (Lipinski definition) is 1. The quantitative estimate of drug-likeness (QED) is 0.750. The molecule has 2 aromatic heterocycles. The monoisotopic (exact) mass is 435 g/mol. The summed E-state index contributed by atoms with van der Waals surface area (Å²) in [5, 5.41) is 4.73. The number of piperidine rings is 1. The van der Waals surface area contributed by atoms with E-state index in [9.17, 15) is 13.2 Å². The Morgan fingerprint density at radius 3 is 2.97 bits per heavy atom. The number of aromatic nitrogens is 1. The van der Waals surface area contributed by atoms with Crippen LogP contribution in [0.2, 0.25) is 0 Å². The van der Waals surface area contributed by atoms with Gasteiger partial charge in [0.05, 0.1) is 18.1 Å². The SMILES string of the molecule is Cc1ccsc1S(=O)(=O)N1C[C@@H](C(=O)NCCc2ccccn2)C[C@H]2OCC[C@H]21. The van der Waals surface area contributed by atoms with Crippen molar-refractivity contribution in [1.29, 1.82) is 0 Å². The average molecular weight is 436 g/mol. The van der Waals surface area contributed by atoms with Crippen molar-refractivity contribution in [2.45, 2.75) is 42.5 Å². The first kappa shape index (κ1) is 20.5. The number of nitrogens with one attached hydrogen (secondary N) is 1. The number of carbonyl (C=O) groups is 1. The molecular formula is C20H25N3O4S2. The van der Waals surface area contributed by atoms with Crippen molar-refractivity contribution in [3.8, 4) is 0 Å². The van der Waals surface area contributed by atoms with Crippen molar-refractivity contribution in [3.05, 3.63) is 47.1 Å². The largest absolute Gasteiger partial charge is 0.376 e. The van der Waals surface area contributed by atoms with Crippen molar-refractivity contribution in [2.24, 2.45) is 5.92 Å².